The minimum Gasteiger partial charge on any atom is -0.350 e. The highest BCUT2D eigenvalue weighted by Gasteiger charge is 2.25. The van der Waals surface area contributed by atoms with Crippen molar-refractivity contribution in [3.8, 4) is 0 Å². The maximum atomic E-state index is 12.0. The summed E-state index contributed by atoms with van der Waals surface area (Å²) in [5.74, 6) is -0.749. The molecule has 118 valence electrons. The van der Waals surface area contributed by atoms with E-state index in [0.717, 1.165) is 10.9 Å². The van der Waals surface area contributed by atoms with Crippen LogP contribution in [0.25, 0.3) is 10.9 Å². The molecule has 0 spiro atoms. The predicted octanol–water partition coefficient (Wildman–Crippen LogP) is 1.97. The third-order valence-corrected chi connectivity index (χ3v) is 3.64. The number of hydrogen-bond donors (Lipinski definition) is 2. The minimum absolute atomic E-state index is 0.108. The molecule has 1 aromatic heterocycles. The van der Waals surface area contributed by atoms with Gasteiger partial charge in [0.15, 0.2) is 6.04 Å². The summed E-state index contributed by atoms with van der Waals surface area (Å²) in [4.78, 5) is 34.3. The zero-order chi connectivity index (χ0) is 16.4. The van der Waals surface area contributed by atoms with Gasteiger partial charge < -0.3 is 9.88 Å². The molecule has 1 aliphatic rings. The highest BCUT2D eigenvalue weighted by molar-refractivity contribution is 5.99. The zero-order valence-corrected chi connectivity index (χ0v) is 12.4. The summed E-state index contributed by atoms with van der Waals surface area (Å²) < 4.78 is 1.97. The van der Waals surface area contributed by atoms with Crippen LogP contribution in [0.1, 0.15) is 12.8 Å². The van der Waals surface area contributed by atoms with Crippen LogP contribution < -0.4 is 10.6 Å². The highest BCUT2D eigenvalue weighted by Crippen LogP contribution is 2.20. The lowest BCUT2D eigenvalue weighted by molar-refractivity contribution is -0.122. The molecule has 1 atom stereocenters. The van der Waals surface area contributed by atoms with Gasteiger partial charge in [0, 0.05) is 30.9 Å². The summed E-state index contributed by atoms with van der Waals surface area (Å²) in [6, 6.07) is 6.07. The third-order valence-electron chi connectivity index (χ3n) is 3.64. The molecule has 8 nitrogen and oxygen atoms in total. The Hall–Kier alpha value is -3.03. The van der Waals surface area contributed by atoms with Gasteiger partial charge in [-0.3, -0.25) is 14.9 Å². The number of anilines is 1. The van der Waals surface area contributed by atoms with Crippen molar-refractivity contribution in [2.75, 3.05) is 5.32 Å². The zero-order valence-electron chi connectivity index (χ0n) is 12.4. The number of azo groups is 1. The van der Waals surface area contributed by atoms with Crippen LogP contribution in [-0.4, -0.2) is 28.5 Å². The van der Waals surface area contributed by atoms with Crippen LogP contribution in [0.4, 0.5) is 10.5 Å². The molecule has 3 rings (SSSR count). The second-order valence-corrected chi connectivity index (χ2v) is 5.31. The fourth-order valence-corrected chi connectivity index (χ4v) is 2.41. The van der Waals surface area contributed by atoms with E-state index < -0.39 is 18.0 Å². The second-order valence-electron chi connectivity index (χ2n) is 5.31. The van der Waals surface area contributed by atoms with Gasteiger partial charge >= 0.3 is 6.03 Å². The lowest BCUT2D eigenvalue weighted by Crippen LogP contribution is -2.39. The van der Waals surface area contributed by atoms with E-state index in [9.17, 15) is 14.4 Å². The molecule has 0 fully saturated rings. The topological polar surface area (TPSA) is 105 Å². The van der Waals surface area contributed by atoms with Gasteiger partial charge in [0.25, 0.3) is 5.91 Å². The SMILES string of the molecule is Cn1ccc2ccc(NC(=O)CCC3N=NC(=O)NC3=O)cc21. The van der Waals surface area contributed by atoms with Crippen molar-refractivity contribution in [1.29, 1.82) is 0 Å². The Labute approximate surface area is 131 Å². The molecule has 4 amide bonds. The summed E-state index contributed by atoms with van der Waals surface area (Å²) in [6.45, 7) is 0. The molecule has 0 radical (unpaired) electrons. The van der Waals surface area contributed by atoms with Crippen molar-refractivity contribution >= 4 is 34.4 Å². The van der Waals surface area contributed by atoms with E-state index in [1.165, 1.54) is 0 Å². The number of hydrogen-bond acceptors (Lipinski definition) is 4. The molecule has 2 heterocycles. The molecule has 0 bridgehead atoms. The second kappa shape index (κ2) is 5.99. The number of rotatable bonds is 4. The van der Waals surface area contributed by atoms with Gasteiger partial charge in [-0.05, 0) is 30.0 Å². The first-order chi connectivity index (χ1) is 11.0. The van der Waals surface area contributed by atoms with Crippen molar-refractivity contribution in [2.24, 2.45) is 17.3 Å². The first-order valence-corrected chi connectivity index (χ1v) is 7.13. The highest BCUT2D eigenvalue weighted by atomic mass is 16.2. The van der Waals surface area contributed by atoms with Crippen LogP contribution in [0.5, 0.6) is 0 Å². The number of urea groups is 1. The number of fused-ring (bicyclic) bond motifs is 1. The summed E-state index contributed by atoms with van der Waals surface area (Å²) in [7, 11) is 1.93. The van der Waals surface area contributed by atoms with Gasteiger partial charge in [-0.15, -0.1) is 0 Å². The molecular weight excluding hydrogens is 298 g/mol. The van der Waals surface area contributed by atoms with Crippen LogP contribution in [0, 0.1) is 0 Å². The van der Waals surface area contributed by atoms with E-state index >= 15 is 0 Å². The third kappa shape index (κ3) is 3.25. The van der Waals surface area contributed by atoms with Crippen LogP contribution in [0.15, 0.2) is 40.7 Å². The molecule has 0 saturated heterocycles. The standard InChI is InChI=1S/C15H15N5O3/c1-20-7-6-9-2-3-10(8-12(9)20)16-13(21)5-4-11-14(22)17-15(23)19-18-11/h2-3,6-8,11H,4-5H2,1H3,(H,16,21)(H,17,22,23). The van der Waals surface area contributed by atoms with Crippen molar-refractivity contribution < 1.29 is 14.4 Å². The van der Waals surface area contributed by atoms with Gasteiger partial charge in [-0.25, -0.2) is 4.79 Å². The maximum Gasteiger partial charge on any atom is 0.365 e. The van der Waals surface area contributed by atoms with E-state index in [2.05, 4.69) is 20.9 Å². The smallest absolute Gasteiger partial charge is 0.350 e. The number of nitrogens with zero attached hydrogens (tertiary/aromatic N) is 3. The largest absolute Gasteiger partial charge is 0.365 e. The summed E-state index contributed by atoms with van der Waals surface area (Å²) in [6.07, 6.45) is 2.25. The van der Waals surface area contributed by atoms with E-state index in [1.807, 2.05) is 42.1 Å². The number of benzene rings is 1. The molecule has 1 unspecified atom stereocenters. The number of imide groups is 1. The van der Waals surface area contributed by atoms with Crippen LogP contribution in [0.2, 0.25) is 0 Å². The Kier molecular flexibility index (Phi) is 3.88. The lowest BCUT2D eigenvalue weighted by atomic mass is 10.1. The lowest BCUT2D eigenvalue weighted by Gasteiger charge is -2.13. The van der Waals surface area contributed by atoms with Gasteiger partial charge in [0.2, 0.25) is 5.91 Å². The summed E-state index contributed by atoms with van der Waals surface area (Å²) >= 11 is 0. The van der Waals surface area contributed by atoms with Crippen LogP contribution in [-0.2, 0) is 16.6 Å². The number of nitrogens with one attached hydrogen (secondary N) is 2. The molecule has 2 N–H and O–H groups in total. The Balaban J connectivity index is 1.60. The number of amides is 4. The number of carbonyl (C=O) groups excluding carboxylic acids is 3. The number of carbonyl (C=O) groups is 3. The number of aryl methyl sites for hydroxylation is 1. The maximum absolute atomic E-state index is 12.0. The minimum atomic E-state index is -0.797. The molecular formula is C15H15N5O3. The Morgan fingerprint density at radius 3 is 2.96 bits per heavy atom. The fourth-order valence-electron chi connectivity index (χ4n) is 2.41. The average Bonchev–Trinajstić information content (AvgIpc) is 2.87. The average molecular weight is 313 g/mol. The van der Waals surface area contributed by atoms with Crippen LogP contribution >= 0.6 is 0 Å². The van der Waals surface area contributed by atoms with Crippen molar-refractivity contribution in [3.05, 3.63) is 30.5 Å². The molecule has 2 aromatic rings. The van der Waals surface area contributed by atoms with Crippen molar-refractivity contribution in [1.82, 2.24) is 9.88 Å². The van der Waals surface area contributed by atoms with E-state index in [-0.39, 0.29) is 18.7 Å². The van der Waals surface area contributed by atoms with E-state index in [0.29, 0.717) is 5.69 Å². The van der Waals surface area contributed by atoms with Gasteiger partial charge in [-0.2, -0.15) is 5.11 Å². The van der Waals surface area contributed by atoms with Gasteiger partial charge in [-0.1, -0.05) is 11.2 Å². The Morgan fingerprint density at radius 1 is 1.35 bits per heavy atom. The van der Waals surface area contributed by atoms with E-state index in [4.69, 9.17) is 0 Å². The normalized spacial score (nSPS) is 17.3. The summed E-state index contributed by atoms with van der Waals surface area (Å²) in [5.41, 5.74) is 1.70. The van der Waals surface area contributed by atoms with Crippen LogP contribution in [0.3, 0.4) is 0 Å². The molecule has 8 heteroatoms. The Bertz CT molecular complexity index is 824. The van der Waals surface area contributed by atoms with Gasteiger partial charge in [0.05, 0.1) is 0 Å². The molecule has 1 aromatic carbocycles. The quantitative estimate of drug-likeness (QED) is 0.901. The predicted molar refractivity (Wildman–Crippen MR) is 83.0 cm³/mol. The first-order valence-electron chi connectivity index (χ1n) is 7.13. The molecule has 23 heavy (non-hydrogen) atoms. The molecule has 0 aliphatic carbocycles. The monoisotopic (exact) mass is 313 g/mol. The van der Waals surface area contributed by atoms with Crippen molar-refractivity contribution in [2.45, 2.75) is 18.9 Å². The fraction of sp³-hybridized carbons (Fsp3) is 0.267. The number of aromatic nitrogens is 1. The molecule has 0 saturated carbocycles. The Morgan fingerprint density at radius 2 is 2.17 bits per heavy atom. The van der Waals surface area contributed by atoms with Crippen molar-refractivity contribution in [3.63, 3.8) is 0 Å². The first kappa shape index (κ1) is 14.9. The summed E-state index contributed by atoms with van der Waals surface area (Å²) in [5, 5.41) is 12.8. The van der Waals surface area contributed by atoms with Gasteiger partial charge in [0.1, 0.15) is 0 Å². The van der Waals surface area contributed by atoms with E-state index in [1.54, 1.807) is 0 Å². The molecule has 1 aliphatic heterocycles.